The molecule has 176 valence electrons. The van der Waals surface area contributed by atoms with Crippen LogP contribution >= 0.6 is 0 Å². The lowest BCUT2D eigenvalue weighted by molar-refractivity contribution is -0.942. The first kappa shape index (κ1) is 22.4. The Morgan fingerprint density at radius 3 is 2.63 bits per heavy atom. The fraction of sp³-hybridized carbons (Fsp3) is 0.192. The van der Waals surface area contributed by atoms with Crippen molar-refractivity contribution >= 4 is 10.9 Å². The smallest absolute Gasteiger partial charge is 0.257 e. The summed E-state index contributed by atoms with van der Waals surface area (Å²) in [5, 5.41) is 13.4. The first-order chi connectivity index (χ1) is 17.2. The Labute approximate surface area is 202 Å². The minimum absolute atomic E-state index is 0.113. The first-order valence-corrected chi connectivity index (χ1v) is 11.4. The summed E-state index contributed by atoms with van der Waals surface area (Å²) in [7, 11) is 1.61. The molecule has 5 aromatic rings. The van der Waals surface area contributed by atoms with Crippen LogP contribution in [0.25, 0.3) is 10.9 Å². The van der Waals surface area contributed by atoms with Crippen LogP contribution in [0.2, 0.25) is 0 Å². The molecular weight excluding hydrogens is 442 g/mol. The van der Waals surface area contributed by atoms with Crippen LogP contribution < -0.4 is 15.2 Å². The zero-order valence-electron chi connectivity index (χ0n) is 19.4. The van der Waals surface area contributed by atoms with E-state index >= 15 is 0 Å². The zero-order chi connectivity index (χ0) is 24.0. The van der Waals surface area contributed by atoms with E-state index in [4.69, 9.17) is 4.74 Å². The van der Waals surface area contributed by atoms with Gasteiger partial charge in [0.2, 0.25) is 5.82 Å². The number of hydrogen-bond acceptors (Lipinski definition) is 6. The van der Waals surface area contributed by atoms with Crippen LogP contribution in [0, 0.1) is 0 Å². The summed E-state index contributed by atoms with van der Waals surface area (Å²) in [6.45, 7) is 2.31. The van der Waals surface area contributed by atoms with Crippen LogP contribution in [0.4, 0.5) is 0 Å². The molecule has 0 spiro atoms. The van der Waals surface area contributed by atoms with Gasteiger partial charge in [-0.05, 0) is 45.6 Å². The quantitative estimate of drug-likeness (QED) is 0.342. The molecular formula is C26H26N7O2+. The number of benzene rings is 2. The van der Waals surface area contributed by atoms with Gasteiger partial charge in [-0.15, -0.1) is 5.10 Å². The number of hydrogen-bond donors (Lipinski definition) is 2. The van der Waals surface area contributed by atoms with Crippen LogP contribution in [-0.2, 0) is 26.2 Å². The summed E-state index contributed by atoms with van der Waals surface area (Å²) in [5.41, 5.74) is 3.53. The van der Waals surface area contributed by atoms with Gasteiger partial charge >= 0.3 is 0 Å². The van der Waals surface area contributed by atoms with Crippen LogP contribution in [0.5, 0.6) is 5.75 Å². The molecule has 1 unspecified atom stereocenters. The van der Waals surface area contributed by atoms with Crippen molar-refractivity contribution in [3.63, 3.8) is 0 Å². The lowest BCUT2D eigenvalue weighted by Crippen LogP contribution is -3.08. The molecule has 1 atom stereocenters. The second-order valence-electron chi connectivity index (χ2n) is 8.46. The van der Waals surface area contributed by atoms with E-state index in [0.717, 1.165) is 32.8 Å². The van der Waals surface area contributed by atoms with E-state index in [1.54, 1.807) is 13.3 Å². The molecule has 5 rings (SSSR count). The molecule has 2 aromatic carbocycles. The van der Waals surface area contributed by atoms with Crippen LogP contribution in [0.15, 0.2) is 83.9 Å². The van der Waals surface area contributed by atoms with E-state index in [-0.39, 0.29) is 5.56 Å². The molecule has 0 aliphatic heterocycles. The molecule has 0 aliphatic carbocycles. The number of pyridine rings is 2. The highest BCUT2D eigenvalue weighted by atomic mass is 16.5. The number of nitrogens with zero attached hydrogens (tertiary/aromatic N) is 5. The Morgan fingerprint density at radius 1 is 0.971 bits per heavy atom. The largest absolute Gasteiger partial charge is 0.497 e. The Balaban J connectivity index is 1.43. The van der Waals surface area contributed by atoms with E-state index in [0.29, 0.717) is 37.5 Å². The van der Waals surface area contributed by atoms with Crippen LogP contribution in [0.1, 0.15) is 22.5 Å². The lowest BCUT2D eigenvalue weighted by atomic mass is 10.1. The van der Waals surface area contributed by atoms with Crippen molar-refractivity contribution in [1.82, 2.24) is 30.2 Å². The summed E-state index contributed by atoms with van der Waals surface area (Å²) >= 11 is 0. The molecule has 0 saturated heterocycles. The number of nitrogens with one attached hydrogen (secondary N) is 2. The Morgan fingerprint density at radius 2 is 1.83 bits per heavy atom. The molecule has 0 radical (unpaired) electrons. The molecule has 0 bridgehead atoms. The maximum absolute atomic E-state index is 13.0. The second-order valence-corrected chi connectivity index (χ2v) is 8.46. The third-order valence-corrected chi connectivity index (χ3v) is 5.94. The van der Waals surface area contributed by atoms with E-state index in [1.807, 2.05) is 65.5 Å². The summed E-state index contributed by atoms with van der Waals surface area (Å²) in [6.07, 6.45) is 3.61. The van der Waals surface area contributed by atoms with E-state index in [2.05, 4.69) is 37.6 Å². The summed E-state index contributed by atoms with van der Waals surface area (Å²) < 4.78 is 7.10. The number of methoxy groups -OCH3 is 1. The Bertz CT molecular complexity index is 1470. The van der Waals surface area contributed by atoms with Gasteiger partial charge in [0.15, 0.2) is 0 Å². The van der Waals surface area contributed by atoms with Crippen molar-refractivity contribution in [2.75, 3.05) is 7.11 Å². The third-order valence-electron chi connectivity index (χ3n) is 5.94. The first-order valence-electron chi connectivity index (χ1n) is 11.4. The monoisotopic (exact) mass is 468 g/mol. The number of aromatic nitrogens is 6. The zero-order valence-corrected chi connectivity index (χ0v) is 19.4. The van der Waals surface area contributed by atoms with Crippen molar-refractivity contribution in [1.29, 1.82) is 0 Å². The fourth-order valence-electron chi connectivity index (χ4n) is 4.18. The molecule has 2 N–H and O–H groups in total. The molecule has 9 nitrogen and oxygen atoms in total. The van der Waals surface area contributed by atoms with Crippen molar-refractivity contribution < 1.29 is 9.64 Å². The average molecular weight is 469 g/mol. The van der Waals surface area contributed by atoms with Crippen molar-refractivity contribution in [2.45, 2.75) is 26.2 Å². The second kappa shape index (κ2) is 10.3. The van der Waals surface area contributed by atoms with E-state index in [1.165, 1.54) is 0 Å². The van der Waals surface area contributed by atoms with Gasteiger partial charge in [-0.2, -0.15) is 0 Å². The minimum Gasteiger partial charge on any atom is -0.497 e. The highest BCUT2D eigenvalue weighted by molar-refractivity contribution is 5.80. The van der Waals surface area contributed by atoms with Crippen molar-refractivity contribution in [3.05, 3.63) is 112 Å². The summed E-state index contributed by atoms with van der Waals surface area (Å²) in [6, 6.07) is 21.7. The van der Waals surface area contributed by atoms with Gasteiger partial charge < -0.3 is 14.6 Å². The van der Waals surface area contributed by atoms with Gasteiger partial charge in [-0.1, -0.05) is 36.4 Å². The average Bonchev–Trinajstić information content (AvgIpc) is 3.31. The van der Waals surface area contributed by atoms with Crippen molar-refractivity contribution in [2.24, 2.45) is 0 Å². The van der Waals surface area contributed by atoms with Gasteiger partial charge in [0.25, 0.3) is 5.56 Å². The Hall–Kier alpha value is -4.37. The fourth-order valence-corrected chi connectivity index (χ4v) is 4.18. The van der Waals surface area contributed by atoms with Crippen LogP contribution in [-0.4, -0.2) is 37.3 Å². The SMILES string of the molecule is COc1ccc2cc(C[NH+](Cc3cccnc3)Cc3nnnn3Cc3ccccc3)c(=O)[nH]c2c1. The Kier molecular flexibility index (Phi) is 6.58. The maximum Gasteiger partial charge on any atom is 0.257 e. The van der Waals surface area contributed by atoms with Gasteiger partial charge in [-0.3, -0.25) is 9.78 Å². The molecule has 9 heteroatoms. The van der Waals surface area contributed by atoms with Gasteiger partial charge in [0.1, 0.15) is 25.4 Å². The van der Waals surface area contributed by atoms with Gasteiger partial charge in [0.05, 0.1) is 24.7 Å². The summed E-state index contributed by atoms with van der Waals surface area (Å²) in [5.74, 6) is 1.46. The predicted octanol–water partition coefficient (Wildman–Crippen LogP) is 1.75. The maximum atomic E-state index is 13.0. The number of rotatable bonds is 9. The molecule has 3 heterocycles. The van der Waals surface area contributed by atoms with Gasteiger partial charge in [-0.25, -0.2) is 4.68 Å². The minimum atomic E-state index is -0.113. The van der Waals surface area contributed by atoms with E-state index in [9.17, 15) is 4.79 Å². The number of aromatic amines is 1. The number of quaternary nitrogens is 1. The highest BCUT2D eigenvalue weighted by Crippen LogP contribution is 2.18. The summed E-state index contributed by atoms with van der Waals surface area (Å²) in [4.78, 5) is 21.3. The topological polar surface area (TPSA) is 103 Å². The van der Waals surface area contributed by atoms with E-state index < -0.39 is 0 Å². The standard InChI is InChI=1S/C26H25N7O2/c1-35-23-10-9-21-12-22(26(34)28-24(21)13-23)17-32(15-20-8-5-11-27-14-20)18-25-29-30-31-33(25)16-19-6-3-2-4-7-19/h2-14H,15-18H2,1H3,(H,28,34)/p+1. The number of tetrazole rings is 1. The lowest BCUT2D eigenvalue weighted by Gasteiger charge is -2.19. The molecule has 0 fully saturated rings. The number of ether oxygens (including phenoxy) is 1. The molecule has 3 aromatic heterocycles. The predicted molar refractivity (Wildman–Crippen MR) is 131 cm³/mol. The van der Waals surface area contributed by atoms with Gasteiger partial charge in [0, 0.05) is 24.0 Å². The molecule has 0 aliphatic rings. The highest BCUT2D eigenvalue weighted by Gasteiger charge is 2.19. The number of H-pyrrole nitrogens is 1. The third kappa shape index (κ3) is 5.42. The normalized spacial score (nSPS) is 12.0. The van der Waals surface area contributed by atoms with Crippen LogP contribution in [0.3, 0.4) is 0 Å². The molecule has 35 heavy (non-hydrogen) atoms. The molecule has 0 amide bonds. The number of fused-ring (bicyclic) bond motifs is 1. The van der Waals surface area contributed by atoms with Crippen molar-refractivity contribution in [3.8, 4) is 5.75 Å². The molecule has 0 saturated carbocycles.